The Morgan fingerprint density at radius 3 is 2.18 bits per heavy atom. The molecule has 0 amide bonds. The normalized spacial score (nSPS) is 23.3. The van der Waals surface area contributed by atoms with E-state index in [1.165, 1.54) is 17.5 Å². The zero-order valence-corrected chi connectivity index (χ0v) is 20.9. The molecule has 1 aliphatic carbocycles. The molecule has 1 heterocycles. The molecule has 1 atom stereocenters. The van der Waals surface area contributed by atoms with Gasteiger partial charge >= 0.3 is 0 Å². The minimum Gasteiger partial charge on any atom is -0.491 e. The number of likely N-dealkylation sites (tertiary alicyclic amines) is 1. The van der Waals surface area contributed by atoms with Crippen LogP contribution in [-0.2, 0) is 6.54 Å². The second kappa shape index (κ2) is 11.1. The summed E-state index contributed by atoms with van der Waals surface area (Å²) in [5.41, 5.74) is 2.11. The molecule has 0 radical (unpaired) electrons. The summed E-state index contributed by atoms with van der Waals surface area (Å²) in [7, 11) is 0. The fourth-order valence-corrected chi connectivity index (χ4v) is 5.23. The van der Waals surface area contributed by atoms with Gasteiger partial charge in [-0.05, 0) is 81.8 Å². The first-order valence-electron chi connectivity index (χ1n) is 12.9. The Hall–Kier alpha value is -2.08. The quantitative estimate of drug-likeness (QED) is 0.561. The van der Waals surface area contributed by atoms with Gasteiger partial charge in [0.2, 0.25) is 0 Å². The zero-order chi connectivity index (χ0) is 24.0. The van der Waals surface area contributed by atoms with E-state index in [0.29, 0.717) is 19.6 Å². The Labute approximate surface area is 204 Å². The van der Waals surface area contributed by atoms with Gasteiger partial charge in [0.25, 0.3) is 0 Å². The third-order valence-corrected chi connectivity index (χ3v) is 7.46. The van der Waals surface area contributed by atoms with Gasteiger partial charge in [-0.1, -0.05) is 49.1 Å². The first kappa shape index (κ1) is 25.0. The highest BCUT2D eigenvalue weighted by Crippen LogP contribution is 2.29. The highest BCUT2D eigenvalue weighted by Gasteiger charge is 2.32. The van der Waals surface area contributed by atoms with E-state index in [9.17, 15) is 10.2 Å². The van der Waals surface area contributed by atoms with Gasteiger partial charge in [0.05, 0.1) is 11.2 Å². The van der Waals surface area contributed by atoms with Crippen molar-refractivity contribution in [2.24, 2.45) is 0 Å². The summed E-state index contributed by atoms with van der Waals surface area (Å²) in [6.45, 7) is 7.51. The third kappa shape index (κ3) is 6.97. The highest BCUT2D eigenvalue weighted by atomic mass is 16.5. The van der Waals surface area contributed by atoms with E-state index in [1.54, 1.807) is 0 Å². The molecular weight excluding hydrogens is 426 g/mol. The first-order valence-corrected chi connectivity index (χ1v) is 12.9. The number of aliphatic hydroxyl groups is 2. The molecular formula is C29H41NO4. The summed E-state index contributed by atoms with van der Waals surface area (Å²) in [5, 5.41) is 21.8. The number of ether oxygens (including phenoxy) is 2. The maximum Gasteiger partial charge on any atom is 0.122 e. The first-order chi connectivity index (χ1) is 16.3. The van der Waals surface area contributed by atoms with Gasteiger partial charge < -0.3 is 19.7 Å². The van der Waals surface area contributed by atoms with Crippen molar-refractivity contribution in [2.75, 3.05) is 26.3 Å². The summed E-state index contributed by atoms with van der Waals surface area (Å²) in [6, 6.07) is 14.4. The third-order valence-electron chi connectivity index (χ3n) is 7.46. The Morgan fingerprint density at radius 2 is 1.44 bits per heavy atom. The van der Waals surface area contributed by atoms with Crippen LogP contribution in [0, 0.1) is 13.8 Å². The van der Waals surface area contributed by atoms with E-state index < -0.39 is 11.2 Å². The lowest BCUT2D eigenvalue weighted by atomic mass is 9.85. The van der Waals surface area contributed by atoms with Gasteiger partial charge in [0.15, 0.2) is 0 Å². The van der Waals surface area contributed by atoms with Crippen molar-refractivity contribution in [1.82, 2.24) is 4.90 Å². The topological polar surface area (TPSA) is 62.2 Å². The monoisotopic (exact) mass is 467 g/mol. The molecule has 0 bridgehead atoms. The van der Waals surface area contributed by atoms with Gasteiger partial charge in [0, 0.05) is 13.1 Å². The van der Waals surface area contributed by atoms with E-state index in [2.05, 4.69) is 43.0 Å². The summed E-state index contributed by atoms with van der Waals surface area (Å²) >= 11 is 0. The van der Waals surface area contributed by atoms with E-state index >= 15 is 0 Å². The number of benzene rings is 2. The molecule has 0 unspecified atom stereocenters. The standard InChI is InChI=1S/C29H41NO4/c1-23-7-12-27(24(2)19-23)34-22-29(32)15-6-17-30(18-16-29)20-25-8-10-26(11-9-25)33-21-28(31)13-4-3-5-14-28/h7-12,19,31-32H,3-6,13-18,20-22H2,1-2H3/t29-/m1/s1. The van der Waals surface area contributed by atoms with Crippen LogP contribution in [-0.4, -0.2) is 52.6 Å². The molecule has 2 aromatic rings. The van der Waals surface area contributed by atoms with E-state index in [1.807, 2.05) is 18.2 Å². The molecule has 1 saturated heterocycles. The van der Waals surface area contributed by atoms with Gasteiger partial charge in [0.1, 0.15) is 24.7 Å². The second-order valence-electron chi connectivity index (χ2n) is 10.6. The van der Waals surface area contributed by atoms with Crippen LogP contribution in [0.25, 0.3) is 0 Å². The maximum absolute atomic E-state index is 11.2. The van der Waals surface area contributed by atoms with Crippen molar-refractivity contribution in [2.45, 2.75) is 83.0 Å². The lowest BCUT2D eigenvalue weighted by molar-refractivity contribution is -0.0339. The SMILES string of the molecule is Cc1ccc(OC[C@@]2(O)CCCN(Cc3ccc(OCC4(O)CCCCC4)cc3)CC2)c(C)c1. The number of hydrogen-bond acceptors (Lipinski definition) is 5. The summed E-state index contributed by atoms with van der Waals surface area (Å²) < 4.78 is 11.9. The number of hydrogen-bond donors (Lipinski definition) is 2. The molecule has 1 saturated carbocycles. The Balaban J connectivity index is 1.24. The van der Waals surface area contributed by atoms with Crippen LogP contribution in [0.4, 0.5) is 0 Å². The van der Waals surface area contributed by atoms with Crippen LogP contribution in [0.15, 0.2) is 42.5 Å². The zero-order valence-electron chi connectivity index (χ0n) is 20.9. The minimum absolute atomic E-state index is 0.336. The van der Waals surface area contributed by atoms with Crippen molar-refractivity contribution in [3.05, 3.63) is 59.2 Å². The Bertz CT molecular complexity index is 922. The molecule has 186 valence electrons. The second-order valence-corrected chi connectivity index (χ2v) is 10.6. The molecule has 0 spiro atoms. The van der Waals surface area contributed by atoms with Crippen LogP contribution in [0.3, 0.4) is 0 Å². The fraction of sp³-hybridized carbons (Fsp3) is 0.586. The lowest BCUT2D eigenvalue weighted by Gasteiger charge is -2.31. The lowest BCUT2D eigenvalue weighted by Crippen LogP contribution is -2.37. The van der Waals surface area contributed by atoms with Crippen molar-refractivity contribution < 1.29 is 19.7 Å². The van der Waals surface area contributed by atoms with Crippen LogP contribution < -0.4 is 9.47 Å². The summed E-state index contributed by atoms with van der Waals surface area (Å²) in [5.74, 6) is 1.68. The summed E-state index contributed by atoms with van der Waals surface area (Å²) in [4.78, 5) is 2.41. The van der Waals surface area contributed by atoms with Crippen molar-refractivity contribution in [3.63, 3.8) is 0 Å². The molecule has 2 fully saturated rings. The predicted octanol–water partition coefficient (Wildman–Crippen LogP) is 5.17. The molecule has 34 heavy (non-hydrogen) atoms. The van der Waals surface area contributed by atoms with Gasteiger partial charge in [-0.3, -0.25) is 4.90 Å². The molecule has 2 N–H and O–H groups in total. The van der Waals surface area contributed by atoms with Gasteiger partial charge in [-0.2, -0.15) is 0 Å². The molecule has 2 aliphatic rings. The van der Waals surface area contributed by atoms with Crippen LogP contribution in [0.2, 0.25) is 0 Å². The molecule has 0 aromatic heterocycles. The van der Waals surface area contributed by atoms with Crippen LogP contribution in [0.5, 0.6) is 11.5 Å². The number of nitrogens with zero attached hydrogens (tertiary/aromatic N) is 1. The van der Waals surface area contributed by atoms with E-state index in [0.717, 1.165) is 75.2 Å². The van der Waals surface area contributed by atoms with Gasteiger partial charge in [-0.25, -0.2) is 0 Å². The number of rotatable bonds is 8. The summed E-state index contributed by atoms with van der Waals surface area (Å²) in [6.07, 6.45) is 7.46. The average molecular weight is 468 g/mol. The molecule has 1 aliphatic heterocycles. The Kier molecular flexibility index (Phi) is 8.18. The van der Waals surface area contributed by atoms with Crippen molar-refractivity contribution in [3.8, 4) is 11.5 Å². The molecule has 2 aromatic carbocycles. The van der Waals surface area contributed by atoms with E-state index in [-0.39, 0.29) is 0 Å². The molecule has 5 nitrogen and oxygen atoms in total. The fourth-order valence-electron chi connectivity index (χ4n) is 5.23. The minimum atomic E-state index is -0.789. The van der Waals surface area contributed by atoms with Crippen LogP contribution in [0.1, 0.15) is 68.1 Å². The smallest absolute Gasteiger partial charge is 0.122 e. The average Bonchev–Trinajstić information content (AvgIpc) is 3.00. The molecule has 5 heteroatoms. The number of aryl methyl sites for hydroxylation is 2. The molecule has 4 rings (SSSR count). The highest BCUT2D eigenvalue weighted by molar-refractivity contribution is 5.35. The maximum atomic E-state index is 11.2. The van der Waals surface area contributed by atoms with Gasteiger partial charge in [-0.15, -0.1) is 0 Å². The largest absolute Gasteiger partial charge is 0.491 e. The van der Waals surface area contributed by atoms with E-state index in [4.69, 9.17) is 9.47 Å². The Morgan fingerprint density at radius 1 is 0.765 bits per heavy atom. The van der Waals surface area contributed by atoms with Crippen molar-refractivity contribution >= 4 is 0 Å². The van der Waals surface area contributed by atoms with Crippen LogP contribution >= 0.6 is 0 Å². The predicted molar refractivity (Wildman–Crippen MR) is 135 cm³/mol. The van der Waals surface area contributed by atoms with Crippen molar-refractivity contribution in [1.29, 1.82) is 0 Å².